The molecule has 0 unspecified atom stereocenters. The lowest BCUT2D eigenvalue weighted by Crippen LogP contribution is -1.84. The maximum atomic E-state index is 4.28. The molecule has 5 heteroatoms. The zero-order valence-electron chi connectivity index (χ0n) is 20.0. The quantitative estimate of drug-likeness (QED) is 0.105. The fourth-order valence-electron chi connectivity index (χ4n) is 4.27. The van der Waals surface area contributed by atoms with Crippen molar-refractivity contribution in [2.45, 2.75) is 77.0 Å². The minimum Gasteiger partial charge on any atom is -0.179 e. The molecular formula is C29H36S5. The first-order valence-corrected chi connectivity index (χ1v) is 16.7. The maximum absolute atomic E-state index is 4.28. The van der Waals surface area contributed by atoms with Crippen LogP contribution >= 0.6 is 58.0 Å². The van der Waals surface area contributed by atoms with Crippen molar-refractivity contribution in [3.63, 3.8) is 0 Å². The van der Waals surface area contributed by atoms with Crippen LogP contribution in [-0.4, -0.2) is 5.75 Å². The topological polar surface area (TPSA) is 0 Å². The zero-order valence-corrected chi connectivity index (χ0v) is 24.1. The Hall–Kier alpha value is -0.850. The van der Waals surface area contributed by atoms with Crippen LogP contribution in [0.25, 0.3) is 29.3 Å². The highest BCUT2D eigenvalue weighted by atomic mass is 32.1. The summed E-state index contributed by atoms with van der Waals surface area (Å²) in [6.07, 6.45) is 16.5. The van der Waals surface area contributed by atoms with Gasteiger partial charge in [-0.05, 0) is 72.9 Å². The van der Waals surface area contributed by atoms with Crippen LogP contribution in [0.2, 0.25) is 0 Å². The molecule has 0 bridgehead atoms. The summed E-state index contributed by atoms with van der Waals surface area (Å²) in [4.78, 5) is 9.88. The van der Waals surface area contributed by atoms with E-state index in [1.165, 1.54) is 106 Å². The number of thiol groups is 1. The molecule has 0 saturated heterocycles. The van der Waals surface area contributed by atoms with Crippen molar-refractivity contribution in [1.82, 2.24) is 0 Å². The van der Waals surface area contributed by atoms with E-state index in [0.29, 0.717) is 0 Å². The van der Waals surface area contributed by atoms with Gasteiger partial charge in [0.05, 0.1) is 0 Å². The van der Waals surface area contributed by atoms with Crippen LogP contribution in [0, 0.1) is 0 Å². The summed E-state index contributed by atoms with van der Waals surface area (Å²) >= 11 is 11.9. The van der Waals surface area contributed by atoms with E-state index in [2.05, 4.69) is 66.5 Å². The molecule has 0 aliphatic carbocycles. The second kappa shape index (κ2) is 14.6. The van der Waals surface area contributed by atoms with Crippen LogP contribution in [0.15, 0.2) is 53.9 Å². The SMILES string of the molecule is SCCCCCCCCCCCCCc1ccc(-c2ccc(-c3ccc(-c4cccs4)s3)s2)s1. The Morgan fingerprint density at radius 3 is 1.47 bits per heavy atom. The molecule has 0 fully saturated rings. The second-order valence-electron chi connectivity index (χ2n) is 8.93. The molecule has 0 atom stereocenters. The molecule has 4 aromatic heterocycles. The first-order valence-electron chi connectivity index (χ1n) is 12.8. The molecule has 0 aliphatic heterocycles. The summed E-state index contributed by atoms with van der Waals surface area (Å²) in [5.74, 6) is 1.05. The molecule has 0 saturated carbocycles. The molecule has 0 aliphatic rings. The molecule has 4 heterocycles. The molecule has 4 rings (SSSR count). The summed E-state index contributed by atoms with van der Waals surface area (Å²) < 4.78 is 0. The van der Waals surface area contributed by atoms with Gasteiger partial charge in [0.15, 0.2) is 0 Å². The Morgan fingerprint density at radius 2 is 0.941 bits per heavy atom. The van der Waals surface area contributed by atoms with Gasteiger partial charge in [0.25, 0.3) is 0 Å². The number of thiophene rings is 4. The number of aryl methyl sites for hydroxylation is 1. The third-order valence-corrected chi connectivity index (χ3v) is 11.3. The van der Waals surface area contributed by atoms with Crippen LogP contribution in [0.1, 0.15) is 75.5 Å². The van der Waals surface area contributed by atoms with Crippen LogP contribution in [0.3, 0.4) is 0 Å². The van der Waals surface area contributed by atoms with Gasteiger partial charge in [-0.25, -0.2) is 0 Å². The van der Waals surface area contributed by atoms with E-state index in [-0.39, 0.29) is 0 Å². The molecule has 34 heavy (non-hydrogen) atoms. The summed E-state index contributed by atoms with van der Waals surface area (Å²) in [6, 6.07) is 18.2. The Bertz CT molecular complexity index is 1070. The Kier molecular flexibility index (Phi) is 11.3. The predicted octanol–water partition coefficient (Wildman–Crippen LogP) is 11.7. The highest BCUT2D eigenvalue weighted by Crippen LogP contribution is 2.42. The van der Waals surface area contributed by atoms with Gasteiger partial charge in [0.1, 0.15) is 0 Å². The van der Waals surface area contributed by atoms with E-state index >= 15 is 0 Å². The molecular weight excluding hydrogens is 509 g/mol. The number of rotatable bonds is 16. The molecule has 0 radical (unpaired) electrons. The van der Waals surface area contributed by atoms with E-state index in [0.717, 1.165) is 5.75 Å². The average Bonchev–Trinajstić information content (AvgIpc) is 3.65. The fraction of sp³-hybridized carbons (Fsp3) is 0.448. The Labute approximate surface area is 227 Å². The first kappa shape index (κ1) is 26.2. The van der Waals surface area contributed by atoms with Crippen molar-refractivity contribution >= 4 is 58.0 Å². The van der Waals surface area contributed by atoms with Gasteiger partial charge in [0.2, 0.25) is 0 Å². The highest BCUT2D eigenvalue weighted by molar-refractivity contribution is 7.80. The summed E-state index contributed by atoms with van der Waals surface area (Å²) in [7, 11) is 0. The molecule has 0 amide bonds. The third kappa shape index (κ3) is 8.09. The number of unbranched alkanes of at least 4 members (excludes halogenated alkanes) is 10. The number of hydrogen-bond acceptors (Lipinski definition) is 5. The molecule has 0 aromatic carbocycles. The van der Waals surface area contributed by atoms with Gasteiger partial charge in [-0.2, -0.15) is 12.6 Å². The summed E-state index contributed by atoms with van der Waals surface area (Å²) in [5.41, 5.74) is 0. The van der Waals surface area contributed by atoms with E-state index < -0.39 is 0 Å². The monoisotopic (exact) mass is 544 g/mol. The highest BCUT2D eigenvalue weighted by Gasteiger charge is 2.11. The molecule has 0 N–H and O–H groups in total. The fourth-order valence-corrected chi connectivity index (χ4v) is 8.57. The smallest absolute Gasteiger partial charge is 0.0449 e. The predicted molar refractivity (Wildman–Crippen MR) is 163 cm³/mol. The average molecular weight is 545 g/mol. The normalized spacial score (nSPS) is 11.4. The summed E-state index contributed by atoms with van der Waals surface area (Å²) in [6.45, 7) is 0. The van der Waals surface area contributed by atoms with Crippen LogP contribution in [-0.2, 0) is 6.42 Å². The lowest BCUT2D eigenvalue weighted by atomic mass is 10.1. The van der Waals surface area contributed by atoms with Crippen molar-refractivity contribution in [2.24, 2.45) is 0 Å². The third-order valence-electron chi connectivity index (χ3n) is 6.20. The summed E-state index contributed by atoms with van der Waals surface area (Å²) in [5, 5.41) is 2.15. The minimum absolute atomic E-state index is 1.05. The number of hydrogen-bond donors (Lipinski definition) is 1. The lowest BCUT2D eigenvalue weighted by molar-refractivity contribution is 0.550. The van der Waals surface area contributed by atoms with E-state index in [1.54, 1.807) is 4.88 Å². The standard InChI is InChI=1S/C29H36S5/c30-21-11-9-7-5-3-1-2-4-6-8-10-13-23-15-16-26(32-23)27-19-20-29(34-27)28-18-17-25(33-28)24-14-12-22-31-24/h12,14-20,22,30H,1-11,13,21H2. The second-order valence-corrected chi connectivity index (χ2v) is 13.7. The van der Waals surface area contributed by atoms with E-state index in [1.807, 2.05) is 45.3 Å². The minimum atomic E-state index is 1.05. The van der Waals surface area contributed by atoms with E-state index in [4.69, 9.17) is 0 Å². The Morgan fingerprint density at radius 1 is 0.471 bits per heavy atom. The molecule has 0 spiro atoms. The molecule has 4 aromatic rings. The lowest BCUT2D eigenvalue weighted by Gasteiger charge is -2.02. The largest absolute Gasteiger partial charge is 0.179 e. The van der Waals surface area contributed by atoms with Crippen molar-refractivity contribution in [3.8, 4) is 29.3 Å². The molecule has 182 valence electrons. The van der Waals surface area contributed by atoms with Crippen LogP contribution in [0.5, 0.6) is 0 Å². The van der Waals surface area contributed by atoms with E-state index in [9.17, 15) is 0 Å². The van der Waals surface area contributed by atoms with Gasteiger partial charge in [-0.1, -0.05) is 63.9 Å². The van der Waals surface area contributed by atoms with Gasteiger partial charge < -0.3 is 0 Å². The van der Waals surface area contributed by atoms with Crippen molar-refractivity contribution in [1.29, 1.82) is 0 Å². The first-order chi connectivity index (χ1) is 16.8. The van der Waals surface area contributed by atoms with Crippen molar-refractivity contribution in [2.75, 3.05) is 5.75 Å². The van der Waals surface area contributed by atoms with Crippen LogP contribution < -0.4 is 0 Å². The Balaban J connectivity index is 1.14. The van der Waals surface area contributed by atoms with Gasteiger partial charge in [-0.15, -0.1) is 45.3 Å². The molecule has 0 nitrogen and oxygen atoms in total. The van der Waals surface area contributed by atoms with Gasteiger partial charge in [0, 0.05) is 34.1 Å². The van der Waals surface area contributed by atoms with Crippen molar-refractivity contribution in [3.05, 3.63) is 58.8 Å². The van der Waals surface area contributed by atoms with Crippen LogP contribution in [0.4, 0.5) is 0 Å². The van der Waals surface area contributed by atoms with Gasteiger partial charge >= 0.3 is 0 Å². The maximum Gasteiger partial charge on any atom is 0.0449 e. The van der Waals surface area contributed by atoms with Crippen molar-refractivity contribution < 1.29 is 0 Å². The van der Waals surface area contributed by atoms with Gasteiger partial charge in [-0.3, -0.25) is 0 Å². The zero-order chi connectivity index (χ0) is 23.4.